The van der Waals surface area contributed by atoms with Crippen molar-refractivity contribution >= 4 is 29.1 Å². The first-order valence-corrected chi connectivity index (χ1v) is 10.7. The van der Waals surface area contributed by atoms with Crippen molar-refractivity contribution in [3.05, 3.63) is 54.1 Å². The van der Waals surface area contributed by atoms with Crippen molar-refractivity contribution in [2.24, 2.45) is 5.92 Å². The maximum absolute atomic E-state index is 12.9. The Labute approximate surface area is 182 Å². The fraction of sp³-hybridized carbons (Fsp3) is 0.375. The minimum absolute atomic E-state index is 0.101. The van der Waals surface area contributed by atoms with E-state index in [4.69, 9.17) is 4.74 Å². The molecule has 0 radical (unpaired) electrons. The summed E-state index contributed by atoms with van der Waals surface area (Å²) in [4.78, 5) is 39.4. The van der Waals surface area contributed by atoms with Crippen molar-refractivity contribution in [1.29, 1.82) is 0 Å². The van der Waals surface area contributed by atoms with Crippen molar-refractivity contribution in [3.63, 3.8) is 0 Å². The number of rotatable bonds is 9. The molecule has 0 saturated carbocycles. The number of hydrogen-bond acceptors (Lipinski definition) is 4. The first-order valence-electron chi connectivity index (χ1n) is 10.7. The Hall–Kier alpha value is -3.35. The van der Waals surface area contributed by atoms with Crippen LogP contribution < -0.4 is 20.3 Å². The van der Waals surface area contributed by atoms with E-state index < -0.39 is 5.92 Å². The number of para-hydroxylation sites is 1. The molecule has 1 fully saturated rings. The monoisotopic (exact) mass is 423 g/mol. The van der Waals surface area contributed by atoms with Gasteiger partial charge >= 0.3 is 0 Å². The minimum atomic E-state index is -0.490. The van der Waals surface area contributed by atoms with E-state index >= 15 is 0 Å². The number of carbonyl (C=O) groups excluding carboxylic acids is 3. The van der Waals surface area contributed by atoms with E-state index in [1.165, 1.54) is 0 Å². The Morgan fingerprint density at radius 2 is 1.81 bits per heavy atom. The maximum atomic E-state index is 12.9. The van der Waals surface area contributed by atoms with E-state index in [0.717, 1.165) is 24.3 Å². The molecule has 3 rings (SSSR count). The number of carbonyl (C=O) groups is 3. The van der Waals surface area contributed by atoms with E-state index in [2.05, 4.69) is 10.6 Å². The van der Waals surface area contributed by atoms with Crippen LogP contribution in [0.1, 0.15) is 43.5 Å². The van der Waals surface area contributed by atoms with E-state index in [0.29, 0.717) is 30.9 Å². The van der Waals surface area contributed by atoms with Crippen LogP contribution >= 0.6 is 0 Å². The fourth-order valence-corrected chi connectivity index (χ4v) is 3.43. The van der Waals surface area contributed by atoms with Crippen molar-refractivity contribution in [2.45, 2.75) is 33.1 Å². The van der Waals surface area contributed by atoms with Gasteiger partial charge in [-0.15, -0.1) is 0 Å². The van der Waals surface area contributed by atoms with Crippen LogP contribution in [-0.2, 0) is 9.59 Å². The van der Waals surface area contributed by atoms with E-state index in [1.807, 2.05) is 38.1 Å². The van der Waals surface area contributed by atoms with Crippen LogP contribution in [0.25, 0.3) is 0 Å². The van der Waals surface area contributed by atoms with Gasteiger partial charge in [0.1, 0.15) is 5.75 Å². The second kappa shape index (κ2) is 10.6. The number of amides is 3. The van der Waals surface area contributed by atoms with Crippen molar-refractivity contribution in [1.82, 2.24) is 5.32 Å². The summed E-state index contributed by atoms with van der Waals surface area (Å²) in [6.07, 6.45) is 1.88. The van der Waals surface area contributed by atoms with E-state index in [1.54, 1.807) is 29.2 Å². The molecule has 1 aliphatic heterocycles. The summed E-state index contributed by atoms with van der Waals surface area (Å²) in [6.45, 7) is 5.52. The highest BCUT2D eigenvalue weighted by molar-refractivity contribution is 6.07. The number of anilines is 2. The normalized spacial score (nSPS) is 15.6. The summed E-state index contributed by atoms with van der Waals surface area (Å²) in [7, 11) is 0. The lowest BCUT2D eigenvalue weighted by molar-refractivity contribution is -0.122. The van der Waals surface area contributed by atoms with E-state index in [9.17, 15) is 14.4 Å². The van der Waals surface area contributed by atoms with Crippen LogP contribution in [0.15, 0.2) is 48.5 Å². The standard InChI is InChI=1S/C24H29N3O4/c1-3-13-25-24(30)20-7-5-6-8-21(20)26-23(29)17-15-22(28)27(16-17)18-9-11-19(12-10-18)31-14-4-2/h5-12,17H,3-4,13-16H2,1-2H3,(H,25,30)(H,26,29)/t17-/m0/s1. The van der Waals surface area contributed by atoms with Crippen LogP contribution in [0.3, 0.4) is 0 Å². The maximum Gasteiger partial charge on any atom is 0.253 e. The molecule has 7 heteroatoms. The molecule has 1 saturated heterocycles. The summed E-state index contributed by atoms with van der Waals surface area (Å²) in [5.74, 6) is -0.335. The molecule has 3 amide bonds. The predicted octanol–water partition coefficient (Wildman–Crippen LogP) is 3.61. The number of benzene rings is 2. The third-order valence-electron chi connectivity index (χ3n) is 5.08. The van der Waals surface area contributed by atoms with Gasteiger partial charge in [-0.1, -0.05) is 26.0 Å². The number of nitrogens with one attached hydrogen (secondary N) is 2. The first-order chi connectivity index (χ1) is 15.0. The molecule has 0 unspecified atom stereocenters. The Kier molecular flexibility index (Phi) is 7.65. The van der Waals surface area contributed by atoms with E-state index in [-0.39, 0.29) is 24.1 Å². The van der Waals surface area contributed by atoms with Crippen LogP contribution in [0.2, 0.25) is 0 Å². The van der Waals surface area contributed by atoms with Gasteiger partial charge in [-0.25, -0.2) is 0 Å². The number of ether oxygens (including phenoxy) is 1. The van der Waals surface area contributed by atoms with Crippen molar-refractivity contribution in [3.8, 4) is 5.75 Å². The molecular formula is C24H29N3O4. The molecule has 2 aromatic rings. The average molecular weight is 424 g/mol. The van der Waals surface area contributed by atoms with Crippen molar-refractivity contribution < 1.29 is 19.1 Å². The highest BCUT2D eigenvalue weighted by Crippen LogP contribution is 2.28. The average Bonchev–Trinajstić information content (AvgIpc) is 3.18. The molecule has 1 heterocycles. The van der Waals surface area contributed by atoms with Gasteiger partial charge in [-0.05, 0) is 49.2 Å². The zero-order chi connectivity index (χ0) is 22.2. The zero-order valence-electron chi connectivity index (χ0n) is 18.0. The molecule has 0 bridgehead atoms. The van der Waals surface area contributed by atoms with Gasteiger partial charge in [0.2, 0.25) is 11.8 Å². The van der Waals surface area contributed by atoms with Crippen LogP contribution in [0.4, 0.5) is 11.4 Å². The van der Waals surface area contributed by atoms with Crippen LogP contribution in [0, 0.1) is 5.92 Å². The predicted molar refractivity (Wildman–Crippen MR) is 120 cm³/mol. The second-order valence-corrected chi connectivity index (χ2v) is 7.54. The van der Waals surface area contributed by atoms with Crippen LogP contribution in [0.5, 0.6) is 5.75 Å². The van der Waals surface area contributed by atoms with Gasteiger partial charge in [-0.3, -0.25) is 14.4 Å². The van der Waals surface area contributed by atoms with Gasteiger partial charge in [-0.2, -0.15) is 0 Å². The van der Waals surface area contributed by atoms with Crippen LogP contribution in [-0.4, -0.2) is 37.4 Å². The topological polar surface area (TPSA) is 87.7 Å². The van der Waals surface area contributed by atoms with Gasteiger partial charge in [0, 0.05) is 25.2 Å². The molecule has 31 heavy (non-hydrogen) atoms. The van der Waals surface area contributed by atoms with Gasteiger partial charge < -0.3 is 20.3 Å². The molecule has 2 N–H and O–H groups in total. The van der Waals surface area contributed by atoms with Gasteiger partial charge in [0.05, 0.1) is 23.8 Å². The minimum Gasteiger partial charge on any atom is -0.494 e. The molecule has 0 spiro atoms. The molecule has 1 atom stereocenters. The number of nitrogens with zero attached hydrogens (tertiary/aromatic N) is 1. The summed E-state index contributed by atoms with van der Waals surface area (Å²) >= 11 is 0. The molecule has 0 aromatic heterocycles. The quantitative estimate of drug-likeness (QED) is 0.645. The van der Waals surface area contributed by atoms with Gasteiger partial charge in [0.25, 0.3) is 5.91 Å². The molecule has 1 aliphatic rings. The lowest BCUT2D eigenvalue weighted by Gasteiger charge is -2.18. The Morgan fingerprint density at radius 1 is 1.06 bits per heavy atom. The fourth-order valence-electron chi connectivity index (χ4n) is 3.43. The summed E-state index contributed by atoms with van der Waals surface area (Å²) in [5, 5.41) is 5.66. The molecular weight excluding hydrogens is 394 g/mol. The molecule has 2 aromatic carbocycles. The second-order valence-electron chi connectivity index (χ2n) is 7.54. The molecule has 164 valence electrons. The Bertz CT molecular complexity index is 927. The summed E-state index contributed by atoms with van der Waals surface area (Å²) in [6, 6.07) is 14.2. The Balaban J connectivity index is 1.65. The lowest BCUT2D eigenvalue weighted by atomic mass is 10.1. The third kappa shape index (κ3) is 5.63. The third-order valence-corrected chi connectivity index (χ3v) is 5.08. The van der Waals surface area contributed by atoms with Crippen molar-refractivity contribution in [2.75, 3.05) is 29.9 Å². The number of hydrogen-bond donors (Lipinski definition) is 2. The first kappa shape index (κ1) is 22.3. The highest BCUT2D eigenvalue weighted by atomic mass is 16.5. The molecule has 7 nitrogen and oxygen atoms in total. The SMILES string of the molecule is CCCNC(=O)c1ccccc1NC(=O)[C@H]1CC(=O)N(c2ccc(OCCC)cc2)C1. The molecule has 0 aliphatic carbocycles. The Morgan fingerprint density at radius 3 is 2.52 bits per heavy atom. The highest BCUT2D eigenvalue weighted by Gasteiger charge is 2.35. The summed E-state index contributed by atoms with van der Waals surface area (Å²) < 4.78 is 5.58. The largest absolute Gasteiger partial charge is 0.494 e. The zero-order valence-corrected chi connectivity index (χ0v) is 18.0. The summed E-state index contributed by atoms with van der Waals surface area (Å²) in [5.41, 5.74) is 1.60. The smallest absolute Gasteiger partial charge is 0.253 e. The van der Waals surface area contributed by atoms with Gasteiger partial charge in [0.15, 0.2) is 0 Å². The lowest BCUT2D eigenvalue weighted by Crippen LogP contribution is -2.29.